The van der Waals surface area contributed by atoms with Gasteiger partial charge in [0.25, 0.3) is 11.8 Å². The molecule has 0 radical (unpaired) electrons. The van der Waals surface area contributed by atoms with E-state index in [1.807, 2.05) is 23.2 Å². The number of nitrogens with zero attached hydrogens (tertiary/aromatic N) is 4. The molecule has 0 saturated carbocycles. The molecule has 0 fully saturated rings. The molecule has 6 nitrogen and oxygen atoms in total. The van der Waals surface area contributed by atoms with Gasteiger partial charge < -0.3 is 9.13 Å². The average Bonchev–Trinajstić information content (AvgIpc) is 3.45. The van der Waals surface area contributed by atoms with Crippen molar-refractivity contribution >= 4 is 66.3 Å². The van der Waals surface area contributed by atoms with E-state index in [1.165, 1.54) is 33.8 Å². The van der Waals surface area contributed by atoms with Crippen molar-refractivity contribution in [3.05, 3.63) is 78.0 Å². The number of aromatic nitrogens is 2. The van der Waals surface area contributed by atoms with Gasteiger partial charge in [0, 0.05) is 14.1 Å². The van der Waals surface area contributed by atoms with Crippen LogP contribution < -0.4 is 9.60 Å². The lowest BCUT2D eigenvalue weighted by molar-refractivity contribution is 0.0995. The van der Waals surface area contributed by atoms with Crippen LogP contribution in [0.15, 0.2) is 46.4 Å². The van der Waals surface area contributed by atoms with Gasteiger partial charge in [-0.3, -0.25) is 9.59 Å². The Bertz CT molecular complexity index is 1680. The first-order valence-corrected chi connectivity index (χ1v) is 13.5. The van der Waals surface area contributed by atoms with Gasteiger partial charge >= 0.3 is 0 Å². The molecule has 0 spiro atoms. The SMILES string of the molecule is Cc1cc(C)c2c(c1)sc(=NC(=O)c1ccc(C(=O)N=c3sc4cc(C)cc(C)c4n3C)s1)n2C. The lowest BCUT2D eigenvalue weighted by Gasteiger charge is -2.01. The van der Waals surface area contributed by atoms with E-state index < -0.39 is 0 Å². The average molecular weight is 521 g/mol. The first-order chi connectivity index (χ1) is 16.6. The number of aryl methyl sites for hydroxylation is 6. The van der Waals surface area contributed by atoms with Crippen molar-refractivity contribution in [3.63, 3.8) is 0 Å². The van der Waals surface area contributed by atoms with E-state index in [1.54, 1.807) is 12.1 Å². The summed E-state index contributed by atoms with van der Waals surface area (Å²) in [5.74, 6) is -0.715. The molecule has 0 unspecified atom stereocenters. The number of benzene rings is 2. The van der Waals surface area contributed by atoms with Crippen LogP contribution in [-0.4, -0.2) is 20.9 Å². The van der Waals surface area contributed by atoms with Gasteiger partial charge in [0.2, 0.25) is 0 Å². The Hall–Kier alpha value is -3.14. The standard InChI is InChI=1S/C26H24N4O2S3/c1-13-9-15(3)21-19(11-13)34-25(29(21)5)27-23(31)17-7-8-18(33-17)24(32)28-26-30(6)22-16(4)10-14(2)12-20(22)35-26/h7-12H,1-6H3. The minimum atomic E-state index is -0.357. The topological polar surface area (TPSA) is 68.7 Å². The van der Waals surface area contributed by atoms with E-state index in [0.717, 1.165) is 42.9 Å². The Morgan fingerprint density at radius 1 is 0.657 bits per heavy atom. The zero-order chi connectivity index (χ0) is 25.0. The van der Waals surface area contributed by atoms with Crippen LogP contribution in [-0.2, 0) is 14.1 Å². The first kappa shape index (κ1) is 23.6. The minimum Gasteiger partial charge on any atom is -0.319 e. The van der Waals surface area contributed by atoms with Crippen LogP contribution >= 0.6 is 34.0 Å². The molecule has 0 N–H and O–H groups in total. The second-order valence-corrected chi connectivity index (χ2v) is 11.8. The van der Waals surface area contributed by atoms with Gasteiger partial charge in [-0.25, -0.2) is 0 Å². The summed E-state index contributed by atoms with van der Waals surface area (Å²) in [6.45, 7) is 8.25. The van der Waals surface area contributed by atoms with Crippen molar-refractivity contribution < 1.29 is 9.59 Å². The van der Waals surface area contributed by atoms with Crippen LogP contribution in [0.2, 0.25) is 0 Å². The molecule has 3 heterocycles. The molecule has 3 aromatic heterocycles. The van der Waals surface area contributed by atoms with Gasteiger partial charge in [0.15, 0.2) is 9.60 Å². The fraction of sp³-hybridized carbons (Fsp3) is 0.231. The van der Waals surface area contributed by atoms with E-state index >= 15 is 0 Å². The largest absolute Gasteiger partial charge is 0.319 e. The predicted molar refractivity (Wildman–Crippen MR) is 145 cm³/mol. The molecular weight excluding hydrogens is 497 g/mol. The van der Waals surface area contributed by atoms with Crippen LogP contribution in [0.25, 0.3) is 20.4 Å². The van der Waals surface area contributed by atoms with Crippen LogP contribution in [0, 0.1) is 27.7 Å². The summed E-state index contributed by atoms with van der Waals surface area (Å²) in [7, 11) is 3.84. The van der Waals surface area contributed by atoms with Crippen LogP contribution in [0.1, 0.15) is 41.6 Å². The molecular formula is C26H24N4O2S3. The smallest absolute Gasteiger partial charge is 0.289 e. The zero-order valence-electron chi connectivity index (χ0n) is 20.3. The third-order valence-corrected chi connectivity index (χ3v) is 9.11. The normalized spacial score (nSPS) is 12.9. The second-order valence-electron chi connectivity index (χ2n) is 8.74. The van der Waals surface area contributed by atoms with E-state index in [4.69, 9.17) is 0 Å². The van der Waals surface area contributed by atoms with E-state index in [-0.39, 0.29) is 11.8 Å². The maximum absolute atomic E-state index is 12.9. The van der Waals surface area contributed by atoms with Gasteiger partial charge in [-0.15, -0.1) is 11.3 Å². The molecule has 5 aromatic rings. The highest BCUT2D eigenvalue weighted by molar-refractivity contribution is 7.17. The van der Waals surface area contributed by atoms with Crippen LogP contribution in [0.5, 0.6) is 0 Å². The highest BCUT2D eigenvalue weighted by Crippen LogP contribution is 2.24. The molecule has 9 heteroatoms. The van der Waals surface area contributed by atoms with Gasteiger partial charge in [-0.2, -0.15) is 9.98 Å². The first-order valence-electron chi connectivity index (χ1n) is 11.0. The quantitative estimate of drug-likeness (QED) is 0.305. The third kappa shape index (κ3) is 4.24. The molecule has 2 aromatic carbocycles. The summed E-state index contributed by atoms with van der Waals surface area (Å²) in [6.07, 6.45) is 0. The fourth-order valence-corrected chi connectivity index (χ4v) is 7.59. The highest BCUT2D eigenvalue weighted by atomic mass is 32.1. The van der Waals surface area contributed by atoms with Gasteiger partial charge in [0.05, 0.1) is 30.2 Å². The third-order valence-electron chi connectivity index (χ3n) is 5.89. The number of hydrogen-bond donors (Lipinski definition) is 0. The Kier molecular flexibility index (Phi) is 5.94. The van der Waals surface area contributed by atoms with Crippen molar-refractivity contribution in [1.29, 1.82) is 0 Å². The fourth-order valence-electron chi connectivity index (χ4n) is 4.43. The molecule has 0 aliphatic rings. The van der Waals surface area contributed by atoms with E-state index in [9.17, 15) is 9.59 Å². The molecule has 178 valence electrons. The second kappa shape index (κ2) is 8.82. The van der Waals surface area contributed by atoms with Crippen molar-refractivity contribution in [2.24, 2.45) is 24.1 Å². The molecule has 0 bridgehead atoms. The Labute approximate surface area is 214 Å². The number of thiazole rings is 2. The van der Waals surface area contributed by atoms with Gasteiger partial charge in [-0.05, 0) is 74.2 Å². The summed E-state index contributed by atoms with van der Waals surface area (Å²) in [4.78, 5) is 36.7. The van der Waals surface area contributed by atoms with Crippen molar-refractivity contribution in [2.45, 2.75) is 27.7 Å². The van der Waals surface area contributed by atoms with Crippen molar-refractivity contribution in [2.75, 3.05) is 0 Å². The number of fused-ring (bicyclic) bond motifs is 2. The Morgan fingerprint density at radius 2 is 1.06 bits per heavy atom. The summed E-state index contributed by atoms with van der Waals surface area (Å²) in [5, 5.41) is 0. The zero-order valence-corrected chi connectivity index (χ0v) is 22.7. The monoisotopic (exact) mass is 520 g/mol. The summed E-state index contributed by atoms with van der Waals surface area (Å²) >= 11 is 4.11. The van der Waals surface area contributed by atoms with E-state index in [0.29, 0.717) is 19.4 Å². The van der Waals surface area contributed by atoms with E-state index in [2.05, 4.69) is 61.9 Å². The van der Waals surface area contributed by atoms with Crippen molar-refractivity contribution in [1.82, 2.24) is 9.13 Å². The summed E-state index contributed by atoms with van der Waals surface area (Å²) in [6, 6.07) is 11.8. The number of rotatable bonds is 2. The number of thiophene rings is 1. The van der Waals surface area contributed by atoms with Crippen LogP contribution in [0.4, 0.5) is 0 Å². The molecule has 35 heavy (non-hydrogen) atoms. The molecule has 2 amide bonds. The molecule has 0 atom stereocenters. The lowest BCUT2D eigenvalue weighted by atomic mass is 10.1. The minimum absolute atomic E-state index is 0.357. The van der Waals surface area contributed by atoms with Crippen molar-refractivity contribution in [3.8, 4) is 0 Å². The Morgan fingerprint density at radius 3 is 1.46 bits per heavy atom. The molecule has 0 aliphatic heterocycles. The van der Waals surface area contributed by atoms with Gasteiger partial charge in [0.1, 0.15) is 0 Å². The predicted octanol–water partition coefficient (Wildman–Crippen LogP) is 5.57. The molecule has 0 saturated heterocycles. The summed E-state index contributed by atoms with van der Waals surface area (Å²) in [5.41, 5.74) is 6.81. The molecule has 0 aliphatic carbocycles. The highest BCUT2D eigenvalue weighted by Gasteiger charge is 2.15. The number of carbonyl (C=O) groups excluding carboxylic acids is 2. The number of hydrogen-bond acceptors (Lipinski definition) is 5. The molecule has 5 rings (SSSR count). The maximum atomic E-state index is 12.9. The number of amides is 2. The Balaban J connectivity index is 1.48. The number of carbonyl (C=O) groups is 2. The van der Waals surface area contributed by atoms with Gasteiger partial charge in [-0.1, -0.05) is 34.8 Å². The maximum Gasteiger partial charge on any atom is 0.289 e. The summed E-state index contributed by atoms with van der Waals surface area (Å²) < 4.78 is 6.10. The lowest BCUT2D eigenvalue weighted by Crippen LogP contribution is -2.13. The van der Waals surface area contributed by atoms with Crippen LogP contribution in [0.3, 0.4) is 0 Å².